The number of rotatable bonds is 2. The quantitative estimate of drug-likeness (QED) is 0.726. The van der Waals surface area contributed by atoms with Gasteiger partial charge in [0.1, 0.15) is 11.9 Å². The molecule has 2 rings (SSSR count). The summed E-state index contributed by atoms with van der Waals surface area (Å²) in [4.78, 5) is 27.0. The number of hydrogen-bond acceptors (Lipinski definition) is 4. The Morgan fingerprint density at radius 1 is 1.15 bits per heavy atom. The molecule has 1 unspecified atom stereocenters. The van der Waals surface area contributed by atoms with E-state index < -0.39 is 5.60 Å². The second-order valence-electron chi connectivity index (χ2n) is 6.87. The molecular formula is C15H26N2O3. The topological polar surface area (TPSA) is 49.9 Å². The highest BCUT2D eigenvalue weighted by Gasteiger charge is 2.32. The summed E-state index contributed by atoms with van der Waals surface area (Å²) in [6.07, 6.45) is 3.98. The van der Waals surface area contributed by atoms with Crippen LogP contribution < -0.4 is 0 Å². The lowest BCUT2D eigenvalue weighted by molar-refractivity contribution is -0.111. The molecule has 0 aromatic rings. The molecule has 0 spiro atoms. The number of ether oxygens (including phenoxy) is 1. The number of amides is 1. The zero-order valence-corrected chi connectivity index (χ0v) is 12.8. The molecule has 1 heterocycles. The maximum absolute atomic E-state index is 12.0. The van der Waals surface area contributed by atoms with Crippen molar-refractivity contribution in [2.75, 3.05) is 26.2 Å². The van der Waals surface area contributed by atoms with E-state index in [-0.39, 0.29) is 12.0 Å². The smallest absolute Gasteiger partial charge is 0.410 e. The summed E-state index contributed by atoms with van der Waals surface area (Å²) in [5.41, 5.74) is -0.434. The Labute approximate surface area is 121 Å². The Bertz CT molecular complexity index is 357. The van der Waals surface area contributed by atoms with E-state index in [1.54, 1.807) is 4.90 Å². The van der Waals surface area contributed by atoms with Crippen LogP contribution in [0.1, 0.15) is 40.0 Å². The van der Waals surface area contributed by atoms with E-state index in [9.17, 15) is 9.59 Å². The fourth-order valence-electron chi connectivity index (χ4n) is 3.04. The third-order valence-electron chi connectivity index (χ3n) is 4.12. The highest BCUT2D eigenvalue weighted by atomic mass is 16.6. The fraction of sp³-hybridized carbons (Fsp3) is 0.867. The average molecular weight is 282 g/mol. The van der Waals surface area contributed by atoms with Gasteiger partial charge in [-0.3, -0.25) is 4.90 Å². The Kier molecular flexibility index (Phi) is 4.68. The van der Waals surface area contributed by atoms with Crippen LogP contribution in [0.25, 0.3) is 0 Å². The van der Waals surface area contributed by atoms with Crippen molar-refractivity contribution in [2.24, 2.45) is 5.92 Å². The van der Waals surface area contributed by atoms with Crippen molar-refractivity contribution in [3.05, 3.63) is 0 Å². The Morgan fingerprint density at radius 3 is 2.30 bits per heavy atom. The maximum atomic E-state index is 12.0. The van der Waals surface area contributed by atoms with Crippen molar-refractivity contribution < 1.29 is 14.3 Å². The summed E-state index contributed by atoms with van der Waals surface area (Å²) >= 11 is 0. The molecule has 1 amide bonds. The molecule has 0 aromatic carbocycles. The van der Waals surface area contributed by atoms with Crippen LogP contribution in [-0.4, -0.2) is 60.0 Å². The number of piperazine rings is 1. The van der Waals surface area contributed by atoms with Gasteiger partial charge in [-0.25, -0.2) is 4.79 Å². The van der Waals surface area contributed by atoms with Crippen molar-refractivity contribution in [1.82, 2.24) is 9.80 Å². The minimum absolute atomic E-state index is 0.214. The molecule has 2 atom stereocenters. The summed E-state index contributed by atoms with van der Waals surface area (Å²) in [5, 5.41) is 0. The van der Waals surface area contributed by atoms with Crippen LogP contribution in [0.15, 0.2) is 0 Å². The molecule has 5 heteroatoms. The molecule has 1 aliphatic carbocycles. The van der Waals surface area contributed by atoms with E-state index in [4.69, 9.17) is 4.74 Å². The first-order chi connectivity index (χ1) is 9.39. The van der Waals surface area contributed by atoms with Gasteiger partial charge in [0.05, 0.1) is 0 Å². The number of carbonyl (C=O) groups is 2. The van der Waals surface area contributed by atoms with Crippen molar-refractivity contribution in [2.45, 2.75) is 51.7 Å². The molecule has 20 heavy (non-hydrogen) atoms. The highest BCUT2D eigenvalue weighted by Crippen LogP contribution is 2.28. The Morgan fingerprint density at radius 2 is 1.80 bits per heavy atom. The first-order valence-corrected chi connectivity index (χ1v) is 7.56. The summed E-state index contributed by atoms with van der Waals surface area (Å²) in [6.45, 7) is 8.87. The molecule has 2 fully saturated rings. The molecule has 1 saturated carbocycles. The summed E-state index contributed by atoms with van der Waals surface area (Å²) < 4.78 is 5.39. The molecule has 2 aliphatic rings. The van der Waals surface area contributed by atoms with Gasteiger partial charge in [-0.05, 0) is 40.0 Å². The lowest BCUT2D eigenvalue weighted by Gasteiger charge is -2.38. The fourth-order valence-corrected chi connectivity index (χ4v) is 3.04. The second-order valence-corrected chi connectivity index (χ2v) is 6.87. The lowest BCUT2D eigenvalue weighted by atomic mass is 10.1. The van der Waals surface area contributed by atoms with E-state index in [0.717, 1.165) is 51.7 Å². The molecular weight excluding hydrogens is 256 g/mol. The van der Waals surface area contributed by atoms with Gasteiger partial charge >= 0.3 is 6.09 Å². The van der Waals surface area contributed by atoms with E-state index in [0.29, 0.717) is 6.04 Å². The predicted molar refractivity (Wildman–Crippen MR) is 76.6 cm³/mol. The summed E-state index contributed by atoms with van der Waals surface area (Å²) in [5.74, 6) is 0.240. The molecule has 1 aliphatic heterocycles. The lowest BCUT2D eigenvalue weighted by Crippen LogP contribution is -2.52. The van der Waals surface area contributed by atoms with Crippen LogP contribution in [0.2, 0.25) is 0 Å². The molecule has 0 bridgehead atoms. The van der Waals surface area contributed by atoms with Crippen LogP contribution in [0.3, 0.4) is 0 Å². The molecule has 1 saturated heterocycles. The normalized spacial score (nSPS) is 28.4. The van der Waals surface area contributed by atoms with Crippen LogP contribution in [0, 0.1) is 5.92 Å². The number of carbonyl (C=O) groups excluding carboxylic acids is 2. The van der Waals surface area contributed by atoms with Gasteiger partial charge in [0, 0.05) is 38.1 Å². The number of aldehydes is 1. The van der Waals surface area contributed by atoms with E-state index in [1.807, 2.05) is 20.8 Å². The average Bonchev–Trinajstić information content (AvgIpc) is 2.85. The van der Waals surface area contributed by atoms with Gasteiger partial charge in [0.2, 0.25) is 0 Å². The maximum Gasteiger partial charge on any atom is 0.410 e. The molecule has 114 valence electrons. The van der Waals surface area contributed by atoms with Crippen LogP contribution in [-0.2, 0) is 9.53 Å². The van der Waals surface area contributed by atoms with Crippen molar-refractivity contribution in [3.8, 4) is 0 Å². The van der Waals surface area contributed by atoms with Gasteiger partial charge < -0.3 is 14.4 Å². The largest absolute Gasteiger partial charge is 0.444 e. The minimum Gasteiger partial charge on any atom is -0.444 e. The van der Waals surface area contributed by atoms with Gasteiger partial charge in [-0.2, -0.15) is 0 Å². The number of hydrogen-bond donors (Lipinski definition) is 0. The standard InChI is InChI=1S/C15H26N2O3/c1-15(2,3)20-14(19)17-8-6-16(7-9-17)13-5-4-12(10-13)11-18/h11-13H,4-10H2,1-3H3/t12?,13-/m1/s1. The summed E-state index contributed by atoms with van der Waals surface area (Å²) in [6, 6.07) is 0.519. The van der Waals surface area contributed by atoms with Crippen molar-refractivity contribution in [3.63, 3.8) is 0 Å². The predicted octanol–water partition coefficient (Wildman–Crippen LogP) is 1.91. The molecule has 5 nitrogen and oxygen atoms in total. The minimum atomic E-state index is -0.434. The zero-order chi connectivity index (χ0) is 14.8. The van der Waals surface area contributed by atoms with Gasteiger partial charge in [-0.1, -0.05) is 0 Å². The van der Waals surface area contributed by atoms with Gasteiger partial charge in [-0.15, -0.1) is 0 Å². The van der Waals surface area contributed by atoms with Crippen molar-refractivity contribution in [1.29, 1.82) is 0 Å². The Hall–Kier alpha value is -1.10. The molecule has 0 aromatic heterocycles. The molecule has 0 radical (unpaired) electrons. The monoisotopic (exact) mass is 282 g/mol. The first kappa shape index (κ1) is 15.3. The Balaban J connectivity index is 1.78. The third-order valence-corrected chi connectivity index (χ3v) is 4.12. The van der Waals surface area contributed by atoms with E-state index >= 15 is 0 Å². The number of nitrogens with zero attached hydrogens (tertiary/aromatic N) is 2. The second kappa shape index (κ2) is 6.12. The van der Waals surface area contributed by atoms with Gasteiger partial charge in [0.25, 0.3) is 0 Å². The van der Waals surface area contributed by atoms with Crippen molar-refractivity contribution >= 4 is 12.4 Å². The van der Waals surface area contributed by atoms with Crippen LogP contribution >= 0.6 is 0 Å². The highest BCUT2D eigenvalue weighted by molar-refractivity contribution is 5.68. The summed E-state index contributed by atoms with van der Waals surface area (Å²) in [7, 11) is 0. The third kappa shape index (κ3) is 3.95. The SMILES string of the molecule is CC(C)(C)OC(=O)N1CCN([C@@H]2CCC(C=O)C2)CC1. The zero-order valence-electron chi connectivity index (χ0n) is 12.8. The van der Waals surface area contributed by atoms with Crippen LogP contribution in [0.4, 0.5) is 4.79 Å². The van der Waals surface area contributed by atoms with Gasteiger partial charge in [0.15, 0.2) is 0 Å². The first-order valence-electron chi connectivity index (χ1n) is 7.56. The van der Waals surface area contributed by atoms with E-state index in [2.05, 4.69) is 4.90 Å². The van der Waals surface area contributed by atoms with Crippen LogP contribution in [0.5, 0.6) is 0 Å². The molecule has 0 N–H and O–H groups in total. The van der Waals surface area contributed by atoms with E-state index in [1.165, 1.54) is 0 Å².